The van der Waals surface area contributed by atoms with E-state index >= 15 is 0 Å². The third-order valence-corrected chi connectivity index (χ3v) is 8.20. The molecule has 3 N–H and O–H groups in total. The number of hydrogen-bond donors (Lipinski definition) is 3. The molecule has 1 aromatic carbocycles. The van der Waals surface area contributed by atoms with E-state index in [1.807, 2.05) is 0 Å². The Kier molecular flexibility index (Phi) is 10.6. The van der Waals surface area contributed by atoms with Crippen molar-refractivity contribution in [2.24, 2.45) is 5.92 Å². The van der Waals surface area contributed by atoms with Gasteiger partial charge in [0, 0.05) is 31.0 Å². The normalized spacial score (nSPS) is 16.0. The molecule has 1 fully saturated rings. The minimum Gasteiger partial charge on any atom is -0.453 e. The molecule has 2 aromatic heterocycles. The molecule has 3 aromatic rings. The zero-order valence-corrected chi connectivity index (χ0v) is 26.4. The summed E-state index contributed by atoms with van der Waals surface area (Å²) in [7, 11) is -2.85. The monoisotopic (exact) mass is 689 g/mol. The van der Waals surface area contributed by atoms with Crippen LogP contribution in [0.1, 0.15) is 20.3 Å². The van der Waals surface area contributed by atoms with E-state index in [-0.39, 0.29) is 58.5 Å². The fraction of sp³-hybridized carbons (Fsp3) is 0.464. The maximum Gasteiger partial charge on any atom is 0.407 e. The van der Waals surface area contributed by atoms with Crippen molar-refractivity contribution < 1.29 is 49.4 Å². The summed E-state index contributed by atoms with van der Waals surface area (Å²) in [5, 5.41) is 7.80. The number of methoxy groups -OCH3 is 1. The van der Waals surface area contributed by atoms with Gasteiger partial charge in [-0.3, -0.25) is 4.79 Å². The third kappa shape index (κ3) is 9.05. The van der Waals surface area contributed by atoms with Gasteiger partial charge in [0.2, 0.25) is 11.9 Å². The van der Waals surface area contributed by atoms with Gasteiger partial charge in [0.05, 0.1) is 18.3 Å². The number of carbonyl (C=O) groups is 2. The Morgan fingerprint density at radius 2 is 1.83 bits per heavy atom. The van der Waals surface area contributed by atoms with Crippen LogP contribution < -0.4 is 20.7 Å². The first-order valence-electron chi connectivity index (χ1n) is 14.1. The molecular weight excluding hydrogens is 657 g/mol. The molecule has 0 unspecified atom stereocenters. The number of fused-ring (bicyclic) bond motifs is 1. The number of anilines is 2. The SMILES string of the molecule is COC(=O)N[C@@H](C(=O)N1CC[C@H](Nc2nc(NCC(F)(F)F)c3nc(-c4ccc(OC(F)F)c(S(C)(=O)=O)c4)ccc3n2)C1)C(C)C. The summed E-state index contributed by atoms with van der Waals surface area (Å²) in [5.41, 5.74) is 0.290. The molecule has 1 aliphatic rings. The van der Waals surface area contributed by atoms with Gasteiger partial charge in [0.15, 0.2) is 15.7 Å². The topological polar surface area (TPSA) is 165 Å². The number of sulfone groups is 1. The van der Waals surface area contributed by atoms with Crippen molar-refractivity contribution in [1.29, 1.82) is 0 Å². The number of aromatic nitrogens is 3. The summed E-state index contributed by atoms with van der Waals surface area (Å²) in [6.07, 6.45) is -4.11. The highest BCUT2D eigenvalue weighted by atomic mass is 32.2. The summed E-state index contributed by atoms with van der Waals surface area (Å²) < 4.78 is 98.8. The fourth-order valence-electron chi connectivity index (χ4n) is 4.85. The van der Waals surface area contributed by atoms with Gasteiger partial charge in [-0.15, -0.1) is 0 Å². The molecule has 0 radical (unpaired) electrons. The number of nitrogens with zero attached hydrogens (tertiary/aromatic N) is 4. The maximum absolute atomic E-state index is 13.2. The van der Waals surface area contributed by atoms with E-state index in [1.165, 1.54) is 25.3 Å². The van der Waals surface area contributed by atoms with Gasteiger partial charge in [-0.1, -0.05) is 13.8 Å². The lowest BCUT2D eigenvalue weighted by Crippen LogP contribution is -2.51. The van der Waals surface area contributed by atoms with E-state index in [0.717, 1.165) is 18.4 Å². The van der Waals surface area contributed by atoms with Gasteiger partial charge in [-0.25, -0.2) is 23.2 Å². The number of pyridine rings is 1. The standard InChI is InChI=1S/C28H32F5N7O6S/c1-14(2)21(38-27(42)45-3)24(41)40-10-9-16(12-40)35-26-37-18-7-6-17(36-22(18)23(39-26)34-13-28(31,32)33)15-5-8-19(46-25(29)30)20(11-15)47(4,43)44/h5-8,11,14,16,21,25H,9-10,12-13H2,1-4H3,(H,38,42)(H2,34,35,37,39)/t16-,21+/m0/s1. The van der Waals surface area contributed by atoms with Crippen molar-refractivity contribution >= 4 is 44.6 Å². The molecule has 1 aliphatic heterocycles. The number of alkyl halides is 5. The number of likely N-dealkylation sites (tertiary alicyclic amines) is 1. The number of alkyl carbamates (subject to hydrolysis) is 1. The van der Waals surface area contributed by atoms with Crippen LogP contribution >= 0.6 is 0 Å². The minimum atomic E-state index is -4.62. The van der Waals surface area contributed by atoms with Crippen molar-refractivity contribution in [2.45, 2.75) is 50.0 Å². The summed E-state index contributed by atoms with van der Waals surface area (Å²) in [5.74, 6) is -1.47. The van der Waals surface area contributed by atoms with Gasteiger partial charge in [-0.05, 0) is 42.7 Å². The molecule has 0 bridgehead atoms. The number of amides is 2. The van der Waals surface area contributed by atoms with Gasteiger partial charge in [0.1, 0.15) is 28.7 Å². The van der Waals surface area contributed by atoms with Crippen LogP contribution in [-0.4, -0.2) is 98.1 Å². The zero-order valence-electron chi connectivity index (χ0n) is 25.6. The number of halogens is 5. The maximum atomic E-state index is 13.2. The van der Waals surface area contributed by atoms with E-state index in [4.69, 9.17) is 0 Å². The Morgan fingerprint density at radius 1 is 1.11 bits per heavy atom. The van der Waals surface area contributed by atoms with E-state index in [1.54, 1.807) is 18.7 Å². The van der Waals surface area contributed by atoms with Gasteiger partial charge >= 0.3 is 18.9 Å². The molecule has 13 nitrogen and oxygen atoms in total. The first-order valence-corrected chi connectivity index (χ1v) is 16.0. The molecule has 0 spiro atoms. The van der Waals surface area contributed by atoms with Crippen LogP contribution in [0.5, 0.6) is 5.75 Å². The molecule has 4 rings (SSSR count). The Bertz CT molecular complexity index is 1740. The van der Waals surface area contributed by atoms with E-state index in [2.05, 4.69) is 40.4 Å². The molecule has 47 heavy (non-hydrogen) atoms. The average molecular weight is 690 g/mol. The lowest BCUT2D eigenvalue weighted by atomic mass is 10.0. The van der Waals surface area contributed by atoms with Crippen LogP contribution in [0.15, 0.2) is 35.2 Å². The van der Waals surface area contributed by atoms with Crippen LogP contribution in [0.4, 0.5) is 38.5 Å². The van der Waals surface area contributed by atoms with Crippen LogP contribution in [0.25, 0.3) is 22.3 Å². The Labute approximate surface area is 266 Å². The zero-order chi connectivity index (χ0) is 34.7. The Balaban J connectivity index is 1.64. The Hall–Kier alpha value is -4.55. The van der Waals surface area contributed by atoms with Gasteiger partial charge in [0.25, 0.3) is 0 Å². The smallest absolute Gasteiger partial charge is 0.407 e. The predicted molar refractivity (Wildman–Crippen MR) is 160 cm³/mol. The molecule has 19 heteroatoms. The number of rotatable bonds is 11. The number of ether oxygens (including phenoxy) is 2. The number of benzene rings is 1. The lowest BCUT2D eigenvalue weighted by molar-refractivity contribution is -0.133. The second-order valence-corrected chi connectivity index (χ2v) is 13.0. The van der Waals surface area contributed by atoms with Crippen LogP contribution in [0.2, 0.25) is 0 Å². The van der Waals surface area contributed by atoms with Crippen molar-refractivity contribution in [2.75, 3.05) is 43.6 Å². The highest BCUT2D eigenvalue weighted by molar-refractivity contribution is 7.90. The van der Waals surface area contributed by atoms with Gasteiger partial charge in [-0.2, -0.15) is 26.9 Å². The second-order valence-electron chi connectivity index (χ2n) is 11.0. The Morgan fingerprint density at radius 3 is 2.45 bits per heavy atom. The molecule has 0 saturated carbocycles. The first-order chi connectivity index (χ1) is 21.9. The third-order valence-electron chi connectivity index (χ3n) is 7.08. The minimum absolute atomic E-state index is 0.0445. The van der Waals surface area contributed by atoms with Crippen LogP contribution in [0.3, 0.4) is 0 Å². The summed E-state index contributed by atoms with van der Waals surface area (Å²) >= 11 is 0. The molecule has 3 heterocycles. The summed E-state index contributed by atoms with van der Waals surface area (Å²) in [6, 6.07) is 5.02. The van der Waals surface area contributed by atoms with Crippen molar-refractivity contribution in [3.8, 4) is 17.0 Å². The molecule has 1 saturated heterocycles. The van der Waals surface area contributed by atoms with Crippen molar-refractivity contribution in [1.82, 2.24) is 25.2 Å². The van der Waals surface area contributed by atoms with Crippen molar-refractivity contribution in [3.05, 3.63) is 30.3 Å². The summed E-state index contributed by atoms with van der Waals surface area (Å²) in [4.78, 5) is 38.9. The van der Waals surface area contributed by atoms with E-state index in [0.29, 0.717) is 13.0 Å². The average Bonchev–Trinajstić information content (AvgIpc) is 3.45. The van der Waals surface area contributed by atoms with E-state index < -0.39 is 51.9 Å². The number of nitrogens with one attached hydrogen (secondary N) is 3. The van der Waals surface area contributed by atoms with Crippen molar-refractivity contribution in [3.63, 3.8) is 0 Å². The summed E-state index contributed by atoms with van der Waals surface area (Å²) in [6.45, 7) is -0.680. The van der Waals surface area contributed by atoms with Crippen LogP contribution in [-0.2, 0) is 19.4 Å². The molecule has 2 atom stereocenters. The number of hydrogen-bond acceptors (Lipinski definition) is 11. The van der Waals surface area contributed by atoms with Crippen LogP contribution in [0, 0.1) is 5.92 Å². The fourth-order valence-corrected chi connectivity index (χ4v) is 5.68. The first kappa shape index (κ1) is 35.3. The molecule has 0 aliphatic carbocycles. The largest absolute Gasteiger partial charge is 0.453 e. The van der Waals surface area contributed by atoms with Gasteiger partial charge < -0.3 is 30.3 Å². The lowest BCUT2D eigenvalue weighted by Gasteiger charge is -2.26. The second kappa shape index (κ2) is 14.1. The predicted octanol–water partition coefficient (Wildman–Crippen LogP) is 4.06. The molecule has 256 valence electrons. The number of carbonyl (C=O) groups excluding carboxylic acids is 2. The highest BCUT2D eigenvalue weighted by Crippen LogP contribution is 2.32. The molecule has 2 amide bonds. The van der Waals surface area contributed by atoms with E-state index in [9.17, 15) is 40.0 Å². The quantitative estimate of drug-likeness (QED) is 0.249. The highest BCUT2D eigenvalue weighted by Gasteiger charge is 2.34. The molecular formula is C28H32F5N7O6S.